The van der Waals surface area contributed by atoms with Crippen molar-refractivity contribution in [2.24, 2.45) is 0 Å². The van der Waals surface area contributed by atoms with E-state index in [-0.39, 0.29) is 0 Å². The second kappa shape index (κ2) is 5.50. The molecule has 0 spiro atoms. The van der Waals surface area contributed by atoms with Crippen molar-refractivity contribution in [2.75, 3.05) is 7.05 Å². The number of carbonyl (C=O) groups is 1. The Labute approximate surface area is 104 Å². The van der Waals surface area contributed by atoms with Gasteiger partial charge < -0.3 is 10.1 Å². The maximum Gasteiger partial charge on any atom is 0.407 e. The first-order chi connectivity index (χ1) is 8.29. The first-order valence-corrected chi connectivity index (χ1v) is 6.10. The van der Waals surface area contributed by atoms with Gasteiger partial charge in [-0.05, 0) is 17.7 Å². The van der Waals surface area contributed by atoms with Gasteiger partial charge in [0.2, 0.25) is 0 Å². The molecule has 1 heterocycles. The summed E-state index contributed by atoms with van der Waals surface area (Å²) in [5, 5.41) is 2.42. The molecule has 1 aromatic carbocycles. The van der Waals surface area contributed by atoms with Crippen LogP contribution < -0.4 is 5.32 Å². The zero-order valence-corrected chi connectivity index (χ0v) is 10.3. The first-order valence-electron chi connectivity index (χ1n) is 5.28. The molecule has 1 N–H and O–H groups in total. The molecule has 88 valence electrons. The normalized spacial score (nSPS) is 9.94. The maximum atomic E-state index is 10.9. The number of amides is 1. The van der Waals surface area contributed by atoms with Crippen LogP contribution in [0.4, 0.5) is 4.79 Å². The summed E-state index contributed by atoms with van der Waals surface area (Å²) in [4.78, 5) is 13.1. The molecule has 17 heavy (non-hydrogen) atoms. The molecule has 1 amide bonds. The average molecular weight is 247 g/mol. The zero-order valence-electron chi connectivity index (χ0n) is 9.47. The van der Waals surface area contributed by atoms with E-state index in [0.29, 0.717) is 6.61 Å². The van der Waals surface area contributed by atoms with Crippen LogP contribution in [-0.4, -0.2) is 13.1 Å². The van der Waals surface area contributed by atoms with Gasteiger partial charge in [0.15, 0.2) is 0 Å². The highest BCUT2D eigenvalue weighted by molar-refractivity contribution is 7.15. The molecule has 0 saturated heterocycles. The fraction of sp³-hybridized carbons (Fsp3) is 0.154. The Morgan fingerprint density at radius 1 is 1.24 bits per heavy atom. The molecule has 0 aliphatic carbocycles. The summed E-state index contributed by atoms with van der Waals surface area (Å²) in [6.45, 7) is 0.317. The minimum atomic E-state index is -0.403. The second-order valence-corrected chi connectivity index (χ2v) is 4.63. The quantitative estimate of drug-likeness (QED) is 0.904. The predicted molar refractivity (Wildman–Crippen MR) is 69.0 cm³/mol. The second-order valence-electron chi connectivity index (χ2n) is 3.46. The number of thiophene rings is 1. The van der Waals surface area contributed by atoms with Gasteiger partial charge in [-0.25, -0.2) is 4.79 Å². The van der Waals surface area contributed by atoms with Crippen LogP contribution in [0.1, 0.15) is 4.88 Å². The van der Waals surface area contributed by atoms with Gasteiger partial charge in [0, 0.05) is 16.8 Å². The summed E-state index contributed by atoms with van der Waals surface area (Å²) >= 11 is 1.63. The Balaban J connectivity index is 2.04. The van der Waals surface area contributed by atoms with Crippen LogP contribution in [0.5, 0.6) is 0 Å². The van der Waals surface area contributed by atoms with Crippen molar-refractivity contribution < 1.29 is 9.53 Å². The molecule has 2 rings (SSSR count). The molecule has 0 atom stereocenters. The number of ether oxygens (including phenoxy) is 1. The summed E-state index contributed by atoms with van der Waals surface area (Å²) in [6, 6.07) is 14.2. The SMILES string of the molecule is CNC(=O)OCc1ccc(-c2ccccc2)s1. The summed E-state index contributed by atoms with van der Waals surface area (Å²) in [5.41, 5.74) is 1.18. The summed E-state index contributed by atoms with van der Waals surface area (Å²) in [5.74, 6) is 0. The Hall–Kier alpha value is -1.81. The highest BCUT2D eigenvalue weighted by Gasteiger charge is 2.04. The fourth-order valence-corrected chi connectivity index (χ4v) is 2.35. The molecular weight excluding hydrogens is 234 g/mol. The number of hydrogen-bond donors (Lipinski definition) is 1. The number of carbonyl (C=O) groups excluding carboxylic acids is 1. The first kappa shape index (κ1) is 11.7. The lowest BCUT2D eigenvalue weighted by molar-refractivity contribution is 0.143. The minimum absolute atomic E-state index is 0.317. The highest BCUT2D eigenvalue weighted by Crippen LogP contribution is 2.28. The van der Waals surface area contributed by atoms with Gasteiger partial charge in [-0.1, -0.05) is 30.3 Å². The Kier molecular flexibility index (Phi) is 3.77. The fourth-order valence-electron chi connectivity index (χ4n) is 1.42. The van der Waals surface area contributed by atoms with Gasteiger partial charge in [0.1, 0.15) is 6.61 Å². The van der Waals surface area contributed by atoms with Gasteiger partial charge >= 0.3 is 6.09 Å². The van der Waals surface area contributed by atoms with Crippen molar-refractivity contribution in [3.05, 3.63) is 47.3 Å². The van der Waals surface area contributed by atoms with E-state index in [4.69, 9.17) is 4.74 Å². The molecule has 0 saturated carbocycles. The van der Waals surface area contributed by atoms with E-state index in [1.807, 2.05) is 30.3 Å². The maximum absolute atomic E-state index is 10.9. The van der Waals surface area contributed by atoms with Crippen LogP contribution in [0.3, 0.4) is 0 Å². The molecule has 0 aliphatic heterocycles. The van der Waals surface area contributed by atoms with Gasteiger partial charge in [0.25, 0.3) is 0 Å². The van der Waals surface area contributed by atoms with Crippen molar-refractivity contribution in [3.63, 3.8) is 0 Å². The van der Waals surface area contributed by atoms with Gasteiger partial charge in [-0.3, -0.25) is 0 Å². The highest BCUT2D eigenvalue weighted by atomic mass is 32.1. The van der Waals surface area contributed by atoms with E-state index in [0.717, 1.165) is 4.88 Å². The van der Waals surface area contributed by atoms with Crippen molar-refractivity contribution in [1.29, 1.82) is 0 Å². The Morgan fingerprint density at radius 3 is 2.71 bits per heavy atom. The molecule has 0 fully saturated rings. The van der Waals surface area contributed by atoms with Gasteiger partial charge in [-0.15, -0.1) is 11.3 Å². The van der Waals surface area contributed by atoms with E-state index in [1.165, 1.54) is 10.4 Å². The monoisotopic (exact) mass is 247 g/mol. The summed E-state index contributed by atoms with van der Waals surface area (Å²) in [7, 11) is 1.55. The van der Waals surface area contributed by atoms with E-state index in [1.54, 1.807) is 18.4 Å². The van der Waals surface area contributed by atoms with E-state index in [9.17, 15) is 4.79 Å². The third kappa shape index (κ3) is 3.07. The predicted octanol–water partition coefficient (Wildman–Crippen LogP) is 3.27. The standard InChI is InChI=1S/C13H13NO2S/c1-14-13(15)16-9-11-7-8-12(17-11)10-5-3-2-4-6-10/h2-8H,9H2,1H3,(H,14,15). The van der Waals surface area contributed by atoms with Crippen LogP contribution in [0.25, 0.3) is 10.4 Å². The van der Waals surface area contributed by atoms with Crippen LogP contribution in [0.15, 0.2) is 42.5 Å². The molecule has 0 unspecified atom stereocenters. The number of hydrogen-bond acceptors (Lipinski definition) is 3. The number of benzene rings is 1. The molecule has 1 aromatic heterocycles. The topological polar surface area (TPSA) is 38.3 Å². The van der Waals surface area contributed by atoms with Crippen molar-refractivity contribution >= 4 is 17.4 Å². The average Bonchev–Trinajstić information content (AvgIpc) is 2.86. The Bertz CT molecular complexity index is 493. The third-order valence-corrected chi connectivity index (χ3v) is 3.38. The number of alkyl carbamates (subject to hydrolysis) is 1. The molecule has 0 radical (unpaired) electrons. The van der Waals surface area contributed by atoms with Gasteiger partial charge in [-0.2, -0.15) is 0 Å². The molecule has 0 bridgehead atoms. The summed E-state index contributed by atoms with van der Waals surface area (Å²) in [6.07, 6.45) is -0.403. The van der Waals surface area contributed by atoms with E-state index < -0.39 is 6.09 Å². The van der Waals surface area contributed by atoms with E-state index >= 15 is 0 Å². The third-order valence-electron chi connectivity index (χ3n) is 2.27. The zero-order chi connectivity index (χ0) is 12.1. The number of rotatable bonds is 3. The number of nitrogens with one attached hydrogen (secondary N) is 1. The van der Waals surface area contributed by atoms with Crippen molar-refractivity contribution in [3.8, 4) is 10.4 Å². The van der Waals surface area contributed by atoms with E-state index in [2.05, 4.69) is 17.4 Å². The summed E-state index contributed by atoms with van der Waals surface area (Å²) < 4.78 is 4.99. The molecule has 0 aliphatic rings. The smallest absolute Gasteiger partial charge is 0.407 e. The lowest BCUT2D eigenvalue weighted by Crippen LogP contribution is -2.18. The Morgan fingerprint density at radius 2 is 2.00 bits per heavy atom. The minimum Gasteiger partial charge on any atom is -0.444 e. The van der Waals surface area contributed by atoms with Crippen LogP contribution in [0.2, 0.25) is 0 Å². The molecular formula is C13H13NO2S. The van der Waals surface area contributed by atoms with Crippen molar-refractivity contribution in [1.82, 2.24) is 5.32 Å². The van der Waals surface area contributed by atoms with Crippen LogP contribution in [0, 0.1) is 0 Å². The lowest BCUT2D eigenvalue weighted by Gasteiger charge is -2.00. The van der Waals surface area contributed by atoms with Gasteiger partial charge in [0.05, 0.1) is 0 Å². The molecule has 2 aromatic rings. The molecule has 3 nitrogen and oxygen atoms in total. The largest absolute Gasteiger partial charge is 0.444 e. The lowest BCUT2D eigenvalue weighted by atomic mass is 10.2. The van der Waals surface area contributed by atoms with Crippen molar-refractivity contribution in [2.45, 2.75) is 6.61 Å². The van der Waals surface area contributed by atoms with Crippen LogP contribution >= 0.6 is 11.3 Å². The van der Waals surface area contributed by atoms with Crippen LogP contribution in [-0.2, 0) is 11.3 Å². The molecule has 4 heteroatoms.